The van der Waals surface area contributed by atoms with E-state index in [2.05, 4.69) is 27.6 Å². The third-order valence-corrected chi connectivity index (χ3v) is 5.68. The van der Waals surface area contributed by atoms with Crippen molar-refractivity contribution in [1.82, 2.24) is 20.1 Å². The first-order chi connectivity index (χ1) is 12.7. The van der Waals surface area contributed by atoms with Gasteiger partial charge in [0.1, 0.15) is 0 Å². The van der Waals surface area contributed by atoms with Crippen LogP contribution in [0.25, 0.3) is 11.6 Å². The van der Waals surface area contributed by atoms with Gasteiger partial charge in [0.2, 0.25) is 5.91 Å². The van der Waals surface area contributed by atoms with Crippen LogP contribution in [0.3, 0.4) is 0 Å². The van der Waals surface area contributed by atoms with Crippen LogP contribution in [0.2, 0.25) is 0 Å². The Balaban J connectivity index is 1.35. The van der Waals surface area contributed by atoms with Gasteiger partial charge >= 0.3 is 0 Å². The second kappa shape index (κ2) is 9.49. The number of hydrogen-bond donors (Lipinski definition) is 1. The van der Waals surface area contributed by atoms with Crippen molar-refractivity contribution in [3.05, 3.63) is 48.7 Å². The Labute approximate surface area is 160 Å². The Bertz CT molecular complexity index is 819. The molecule has 1 amide bonds. The fourth-order valence-electron chi connectivity index (χ4n) is 2.25. The van der Waals surface area contributed by atoms with Gasteiger partial charge in [-0.2, -0.15) is 0 Å². The molecule has 0 aliphatic rings. The molecule has 0 atom stereocenters. The summed E-state index contributed by atoms with van der Waals surface area (Å²) < 4.78 is 7.16. The highest BCUT2D eigenvalue weighted by atomic mass is 32.2. The number of carbonyl (C=O) groups is 1. The lowest BCUT2D eigenvalue weighted by atomic mass is 10.4. The number of furan rings is 1. The summed E-state index contributed by atoms with van der Waals surface area (Å²) in [6, 6.07) is 13.9. The zero-order valence-corrected chi connectivity index (χ0v) is 16.1. The molecule has 2 heterocycles. The lowest BCUT2D eigenvalue weighted by Gasteiger charge is -2.05. The smallest absolute Gasteiger partial charge is 0.230 e. The molecular formula is C18H20N4O2S2. The minimum atomic E-state index is 0.00209. The molecule has 26 heavy (non-hydrogen) atoms. The predicted octanol–water partition coefficient (Wildman–Crippen LogP) is 3.47. The zero-order valence-electron chi connectivity index (χ0n) is 14.4. The van der Waals surface area contributed by atoms with Crippen LogP contribution in [0.15, 0.2) is 63.2 Å². The monoisotopic (exact) mass is 388 g/mol. The molecule has 2 aromatic heterocycles. The van der Waals surface area contributed by atoms with E-state index in [-0.39, 0.29) is 5.91 Å². The maximum absolute atomic E-state index is 12.0. The van der Waals surface area contributed by atoms with E-state index >= 15 is 0 Å². The first-order valence-corrected chi connectivity index (χ1v) is 10.2. The van der Waals surface area contributed by atoms with Gasteiger partial charge in [0, 0.05) is 18.5 Å². The molecule has 1 N–H and O–H groups in total. The molecular weight excluding hydrogens is 368 g/mol. The summed E-state index contributed by atoms with van der Waals surface area (Å²) in [5, 5.41) is 11.9. The summed E-state index contributed by atoms with van der Waals surface area (Å²) in [4.78, 5) is 13.2. The third kappa shape index (κ3) is 5.15. The van der Waals surface area contributed by atoms with E-state index in [1.165, 1.54) is 16.7 Å². The summed E-state index contributed by atoms with van der Waals surface area (Å²) >= 11 is 3.16. The van der Waals surface area contributed by atoms with E-state index in [0.717, 1.165) is 12.2 Å². The number of thioether (sulfide) groups is 2. The van der Waals surface area contributed by atoms with Gasteiger partial charge in [0.05, 0.1) is 12.0 Å². The van der Waals surface area contributed by atoms with Gasteiger partial charge in [0.15, 0.2) is 16.7 Å². The number of hydrogen-bond acceptors (Lipinski definition) is 6. The fourth-order valence-corrected chi connectivity index (χ4v) is 3.86. The Morgan fingerprint density at radius 2 is 2.00 bits per heavy atom. The molecule has 3 aromatic rings. The Hall–Kier alpha value is -2.19. The van der Waals surface area contributed by atoms with E-state index in [9.17, 15) is 4.79 Å². The summed E-state index contributed by atoms with van der Waals surface area (Å²) in [6.45, 7) is 0.676. The third-order valence-electron chi connectivity index (χ3n) is 3.56. The average molecular weight is 389 g/mol. The van der Waals surface area contributed by atoms with Crippen LogP contribution in [0.1, 0.15) is 6.42 Å². The normalized spacial score (nSPS) is 10.8. The molecule has 3 rings (SSSR count). The van der Waals surface area contributed by atoms with Crippen molar-refractivity contribution in [2.24, 2.45) is 7.05 Å². The van der Waals surface area contributed by atoms with Crippen LogP contribution in [-0.2, 0) is 11.8 Å². The largest absolute Gasteiger partial charge is 0.461 e. The van der Waals surface area contributed by atoms with Crippen molar-refractivity contribution in [2.45, 2.75) is 16.5 Å². The van der Waals surface area contributed by atoms with Crippen LogP contribution in [-0.4, -0.2) is 38.7 Å². The molecule has 0 unspecified atom stereocenters. The predicted molar refractivity (Wildman–Crippen MR) is 104 cm³/mol. The molecule has 6 nitrogen and oxygen atoms in total. The second-order valence-corrected chi connectivity index (χ2v) is 7.61. The van der Waals surface area contributed by atoms with Crippen LogP contribution >= 0.6 is 23.5 Å². The Kier molecular flexibility index (Phi) is 6.79. The van der Waals surface area contributed by atoms with Gasteiger partial charge < -0.3 is 14.3 Å². The van der Waals surface area contributed by atoms with Crippen LogP contribution < -0.4 is 5.32 Å². The van der Waals surface area contributed by atoms with Crippen molar-refractivity contribution in [3.8, 4) is 11.6 Å². The minimum Gasteiger partial charge on any atom is -0.461 e. The highest BCUT2D eigenvalue weighted by Gasteiger charge is 2.14. The molecule has 8 heteroatoms. The first-order valence-electron chi connectivity index (χ1n) is 8.24. The molecule has 0 radical (unpaired) electrons. The van der Waals surface area contributed by atoms with Gasteiger partial charge in [0.25, 0.3) is 0 Å². The van der Waals surface area contributed by atoms with Crippen LogP contribution in [0.4, 0.5) is 0 Å². The molecule has 0 aliphatic heterocycles. The van der Waals surface area contributed by atoms with E-state index < -0.39 is 0 Å². The first kappa shape index (κ1) is 18.6. The molecule has 0 bridgehead atoms. The van der Waals surface area contributed by atoms with Gasteiger partial charge in [-0.1, -0.05) is 30.0 Å². The van der Waals surface area contributed by atoms with Crippen molar-refractivity contribution in [1.29, 1.82) is 0 Å². The van der Waals surface area contributed by atoms with E-state index in [1.807, 2.05) is 35.9 Å². The summed E-state index contributed by atoms with van der Waals surface area (Å²) in [5.41, 5.74) is 0. The average Bonchev–Trinajstić information content (AvgIpc) is 3.30. The topological polar surface area (TPSA) is 73.0 Å². The van der Waals surface area contributed by atoms with Gasteiger partial charge in [-0.15, -0.1) is 22.0 Å². The molecule has 1 aromatic carbocycles. The van der Waals surface area contributed by atoms with Crippen molar-refractivity contribution in [2.75, 3.05) is 18.1 Å². The molecule has 0 fully saturated rings. The number of nitrogens with zero attached hydrogens (tertiary/aromatic N) is 3. The zero-order chi connectivity index (χ0) is 18.2. The molecule has 136 valence electrons. The second-order valence-electron chi connectivity index (χ2n) is 5.50. The lowest BCUT2D eigenvalue weighted by Crippen LogP contribution is -2.26. The van der Waals surface area contributed by atoms with Gasteiger partial charge in [-0.25, -0.2) is 0 Å². The van der Waals surface area contributed by atoms with Gasteiger partial charge in [-0.3, -0.25) is 4.79 Å². The van der Waals surface area contributed by atoms with Crippen LogP contribution in [0.5, 0.6) is 0 Å². The lowest BCUT2D eigenvalue weighted by molar-refractivity contribution is -0.118. The standard InChI is InChI=1S/C18H20N4O2S2/c1-22-17(15-9-5-11-24-15)20-21-18(22)26-13-16(23)19-10-6-12-25-14-7-3-2-4-8-14/h2-5,7-9,11H,6,10,12-13H2,1H3,(H,19,23). The number of carbonyl (C=O) groups excluding carboxylic acids is 1. The maximum Gasteiger partial charge on any atom is 0.230 e. The summed E-state index contributed by atoms with van der Waals surface area (Å²) in [6.07, 6.45) is 2.53. The van der Waals surface area contributed by atoms with Crippen LogP contribution in [0, 0.1) is 0 Å². The maximum atomic E-state index is 12.0. The molecule has 0 spiro atoms. The molecule has 0 saturated carbocycles. The molecule has 0 saturated heterocycles. The number of nitrogens with one attached hydrogen (secondary N) is 1. The van der Waals surface area contributed by atoms with Crippen molar-refractivity contribution >= 4 is 29.4 Å². The van der Waals surface area contributed by atoms with E-state index in [1.54, 1.807) is 24.1 Å². The highest BCUT2D eigenvalue weighted by Crippen LogP contribution is 2.22. The Morgan fingerprint density at radius 3 is 2.77 bits per heavy atom. The van der Waals surface area contributed by atoms with Gasteiger partial charge in [-0.05, 0) is 36.4 Å². The van der Waals surface area contributed by atoms with E-state index in [0.29, 0.717) is 29.0 Å². The quantitative estimate of drug-likeness (QED) is 0.447. The highest BCUT2D eigenvalue weighted by molar-refractivity contribution is 7.99. The number of benzene rings is 1. The summed E-state index contributed by atoms with van der Waals surface area (Å²) in [7, 11) is 1.86. The molecule has 0 aliphatic carbocycles. The van der Waals surface area contributed by atoms with Crippen molar-refractivity contribution in [3.63, 3.8) is 0 Å². The fraction of sp³-hybridized carbons (Fsp3) is 0.278. The Morgan fingerprint density at radius 1 is 1.15 bits per heavy atom. The number of aromatic nitrogens is 3. The summed E-state index contributed by atoms with van der Waals surface area (Å²) in [5.74, 6) is 2.61. The SMILES string of the molecule is Cn1c(SCC(=O)NCCCSc2ccccc2)nnc1-c1ccco1. The minimum absolute atomic E-state index is 0.00209. The van der Waals surface area contributed by atoms with Crippen molar-refractivity contribution < 1.29 is 9.21 Å². The number of rotatable bonds is 9. The number of amides is 1. The van der Waals surface area contributed by atoms with E-state index in [4.69, 9.17) is 4.42 Å².